The summed E-state index contributed by atoms with van der Waals surface area (Å²) in [6.45, 7) is 3.55. The molecule has 0 spiro atoms. The molecule has 2 atom stereocenters. The Morgan fingerprint density at radius 1 is 1.17 bits per heavy atom. The average Bonchev–Trinajstić information content (AvgIpc) is 3.11. The number of anilines is 1. The molecule has 3 rings (SSSR count). The van der Waals surface area contributed by atoms with Crippen LogP contribution in [0.1, 0.15) is 29.3 Å². The minimum absolute atomic E-state index is 0.0359. The molecule has 6 nitrogen and oxygen atoms in total. The van der Waals surface area contributed by atoms with Crippen LogP contribution in [0.4, 0.5) is 5.69 Å². The van der Waals surface area contributed by atoms with Crippen molar-refractivity contribution in [1.82, 2.24) is 0 Å². The van der Waals surface area contributed by atoms with Gasteiger partial charge in [-0.05, 0) is 55.8 Å². The lowest BCUT2D eigenvalue weighted by Crippen LogP contribution is -2.30. The Balaban J connectivity index is 1.65. The Bertz CT molecular complexity index is 941. The van der Waals surface area contributed by atoms with Gasteiger partial charge in [0.1, 0.15) is 5.75 Å². The Morgan fingerprint density at radius 2 is 1.86 bits per heavy atom. The van der Waals surface area contributed by atoms with Crippen LogP contribution in [-0.4, -0.2) is 37.4 Å². The molecule has 0 N–H and O–H groups in total. The highest BCUT2D eigenvalue weighted by Gasteiger charge is 2.38. The van der Waals surface area contributed by atoms with E-state index in [-0.39, 0.29) is 24.7 Å². The topological polar surface area (TPSA) is 72.9 Å². The highest BCUT2D eigenvalue weighted by Crippen LogP contribution is 2.32. The van der Waals surface area contributed by atoms with Crippen molar-refractivity contribution in [3.8, 4) is 5.75 Å². The van der Waals surface area contributed by atoms with Crippen LogP contribution in [0.3, 0.4) is 0 Å². The first-order chi connectivity index (χ1) is 13.8. The summed E-state index contributed by atoms with van der Waals surface area (Å²) in [5.74, 6) is -1.05. The smallest absolute Gasteiger partial charge is 0.312 e. The summed E-state index contributed by atoms with van der Waals surface area (Å²) in [4.78, 5) is 39.1. The molecule has 1 aliphatic heterocycles. The Morgan fingerprint density at radius 3 is 2.52 bits per heavy atom. The van der Waals surface area contributed by atoms with Gasteiger partial charge < -0.3 is 14.4 Å². The van der Waals surface area contributed by atoms with Crippen molar-refractivity contribution < 1.29 is 23.9 Å². The molecular weight excluding hydrogens is 394 g/mol. The van der Waals surface area contributed by atoms with E-state index < -0.39 is 18.0 Å². The standard InChI is InChI=1S/C22H22ClNO5/c1-13-18(23)5-4-6-19(13)24-12-16(11-20(24)25)22(27)29-14(2)21(26)15-7-9-17(28-3)10-8-15/h4-10,14,16H,11-12H2,1-3H3/t14-,16-/m0/s1. The van der Waals surface area contributed by atoms with Gasteiger partial charge in [0.15, 0.2) is 6.10 Å². The van der Waals surface area contributed by atoms with E-state index in [1.807, 2.05) is 6.92 Å². The lowest BCUT2D eigenvalue weighted by atomic mass is 10.1. The van der Waals surface area contributed by atoms with E-state index in [9.17, 15) is 14.4 Å². The summed E-state index contributed by atoms with van der Waals surface area (Å²) in [6.07, 6.45) is -0.915. The predicted molar refractivity (Wildman–Crippen MR) is 110 cm³/mol. The largest absolute Gasteiger partial charge is 0.497 e. The second-order valence-corrected chi connectivity index (χ2v) is 7.37. The number of carbonyl (C=O) groups excluding carboxylic acids is 3. The number of Topliss-reactive ketones (excluding diaryl/α,β-unsaturated/α-hetero) is 1. The van der Waals surface area contributed by atoms with Crippen LogP contribution in [0.2, 0.25) is 5.02 Å². The number of ketones is 1. The van der Waals surface area contributed by atoms with Crippen LogP contribution in [-0.2, 0) is 14.3 Å². The van der Waals surface area contributed by atoms with Crippen LogP contribution >= 0.6 is 11.6 Å². The van der Waals surface area contributed by atoms with Crippen LogP contribution in [0.15, 0.2) is 42.5 Å². The van der Waals surface area contributed by atoms with E-state index in [0.717, 1.165) is 5.56 Å². The van der Waals surface area contributed by atoms with E-state index in [2.05, 4.69) is 0 Å². The molecule has 152 valence electrons. The van der Waals surface area contributed by atoms with Crippen molar-refractivity contribution in [3.63, 3.8) is 0 Å². The third-order valence-electron chi connectivity index (χ3n) is 5.02. The molecule has 2 aromatic rings. The Hall–Kier alpha value is -2.86. The Kier molecular flexibility index (Phi) is 6.23. The summed E-state index contributed by atoms with van der Waals surface area (Å²) in [7, 11) is 1.54. The molecule has 1 heterocycles. The minimum atomic E-state index is -0.951. The first kappa shape index (κ1) is 20.9. The van der Waals surface area contributed by atoms with Crippen molar-refractivity contribution in [2.75, 3.05) is 18.6 Å². The van der Waals surface area contributed by atoms with E-state index in [4.69, 9.17) is 21.1 Å². The number of halogens is 1. The number of rotatable bonds is 6. The lowest BCUT2D eigenvalue weighted by Gasteiger charge is -2.20. The van der Waals surface area contributed by atoms with Crippen molar-refractivity contribution >= 4 is 34.9 Å². The monoisotopic (exact) mass is 415 g/mol. The molecule has 7 heteroatoms. The number of nitrogens with zero attached hydrogens (tertiary/aromatic N) is 1. The van der Waals surface area contributed by atoms with Crippen LogP contribution in [0.5, 0.6) is 5.75 Å². The maximum atomic E-state index is 12.6. The van der Waals surface area contributed by atoms with Crippen molar-refractivity contribution in [2.24, 2.45) is 5.92 Å². The van der Waals surface area contributed by atoms with Crippen molar-refractivity contribution in [1.29, 1.82) is 0 Å². The van der Waals surface area contributed by atoms with E-state index >= 15 is 0 Å². The van der Waals surface area contributed by atoms with E-state index in [1.54, 1.807) is 47.4 Å². The summed E-state index contributed by atoms with van der Waals surface area (Å²) >= 11 is 6.14. The molecule has 0 aliphatic carbocycles. The highest BCUT2D eigenvalue weighted by molar-refractivity contribution is 6.31. The lowest BCUT2D eigenvalue weighted by molar-refractivity contribution is -0.151. The quantitative estimate of drug-likeness (QED) is 0.529. The highest BCUT2D eigenvalue weighted by atomic mass is 35.5. The summed E-state index contributed by atoms with van der Waals surface area (Å²) in [5.41, 5.74) is 1.88. The number of ether oxygens (including phenoxy) is 2. The van der Waals surface area contributed by atoms with Gasteiger partial charge in [-0.2, -0.15) is 0 Å². The van der Waals surface area contributed by atoms with Gasteiger partial charge in [-0.1, -0.05) is 17.7 Å². The van der Waals surface area contributed by atoms with Gasteiger partial charge in [0.25, 0.3) is 0 Å². The number of carbonyl (C=O) groups is 3. The van der Waals surface area contributed by atoms with Crippen LogP contribution in [0.25, 0.3) is 0 Å². The zero-order chi connectivity index (χ0) is 21.1. The third-order valence-corrected chi connectivity index (χ3v) is 5.43. The van der Waals surface area contributed by atoms with Gasteiger partial charge in [0, 0.05) is 29.2 Å². The second-order valence-electron chi connectivity index (χ2n) is 6.96. The van der Waals surface area contributed by atoms with Crippen LogP contribution < -0.4 is 9.64 Å². The van der Waals surface area contributed by atoms with Gasteiger partial charge in [-0.15, -0.1) is 0 Å². The third kappa shape index (κ3) is 4.43. The second kappa shape index (κ2) is 8.66. The number of amides is 1. The SMILES string of the molecule is COc1ccc(C(=O)[C@H](C)OC(=O)[C@H]2CC(=O)N(c3cccc(Cl)c3C)C2)cc1. The zero-order valence-electron chi connectivity index (χ0n) is 16.5. The van der Waals surface area contributed by atoms with E-state index in [0.29, 0.717) is 22.0 Å². The first-order valence-corrected chi connectivity index (χ1v) is 9.64. The molecule has 29 heavy (non-hydrogen) atoms. The molecule has 1 fully saturated rings. The molecule has 0 saturated carbocycles. The summed E-state index contributed by atoms with van der Waals surface area (Å²) < 4.78 is 10.4. The number of hydrogen-bond donors (Lipinski definition) is 0. The molecular formula is C22H22ClNO5. The van der Waals surface area contributed by atoms with Gasteiger partial charge >= 0.3 is 5.97 Å². The fraction of sp³-hybridized carbons (Fsp3) is 0.318. The number of esters is 1. The fourth-order valence-electron chi connectivity index (χ4n) is 3.30. The van der Waals surface area contributed by atoms with Gasteiger partial charge in [-0.25, -0.2) is 0 Å². The molecule has 1 saturated heterocycles. The van der Waals surface area contributed by atoms with Gasteiger partial charge in [-0.3, -0.25) is 14.4 Å². The maximum Gasteiger partial charge on any atom is 0.312 e. The maximum absolute atomic E-state index is 12.6. The number of hydrogen-bond acceptors (Lipinski definition) is 5. The van der Waals surface area contributed by atoms with Crippen molar-refractivity contribution in [2.45, 2.75) is 26.4 Å². The molecule has 1 amide bonds. The Labute approximate surface area is 174 Å². The number of benzene rings is 2. The molecule has 0 aromatic heterocycles. The summed E-state index contributed by atoms with van der Waals surface area (Å²) in [5, 5.41) is 0.556. The zero-order valence-corrected chi connectivity index (χ0v) is 17.2. The normalized spacial score (nSPS) is 17.2. The molecule has 1 aliphatic rings. The molecule has 0 radical (unpaired) electrons. The number of methoxy groups -OCH3 is 1. The van der Waals surface area contributed by atoms with E-state index in [1.165, 1.54) is 14.0 Å². The minimum Gasteiger partial charge on any atom is -0.497 e. The fourth-order valence-corrected chi connectivity index (χ4v) is 3.47. The molecule has 2 aromatic carbocycles. The predicted octanol–water partition coefficient (Wildman–Crippen LogP) is 3.82. The van der Waals surface area contributed by atoms with Gasteiger partial charge in [0.05, 0.1) is 13.0 Å². The molecule has 0 unspecified atom stereocenters. The van der Waals surface area contributed by atoms with Gasteiger partial charge in [0.2, 0.25) is 11.7 Å². The van der Waals surface area contributed by atoms with Crippen LogP contribution in [0, 0.1) is 12.8 Å². The van der Waals surface area contributed by atoms with Crippen molar-refractivity contribution in [3.05, 3.63) is 58.6 Å². The first-order valence-electron chi connectivity index (χ1n) is 9.26. The average molecular weight is 416 g/mol. The molecule has 0 bridgehead atoms. The summed E-state index contributed by atoms with van der Waals surface area (Å²) in [6, 6.07) is 11.9.